The minimum Gasteiger partial charge on any atom is -0.502 e. The monoisotopic (exact) mass is 338 g/mol. The highest BCUT2D eigenvalue weighted by Crippen LogP contribution is 2.35. The zero-order valence-corrected chi connectivity index (χ0v) is 12.4. The summed E-state index contributed by atoms with van der Waals surface area (Å²) >= 11 is 0. The van der Waals surface area contributed by atoms with Crippen molar-refractivity contribution in [1.82, 2.24) is 4.98 Å². The molecule has 0 aliphatic heterocycles. The predicted octanol–water partition coefficient (Wildman–Crippen LogP) is 4.36. The molecule has 0 atom stereocenters. The van der Waals surface area contributed by atoms with E-state index in [0.29, 0.717) is 0 Å². The second-order valence-corrected chi connectivity index (χ2v) is 5.04. The van der Waals surface area contributed by atoms with Crippen molar-refractivity contribution in [3.8, 4) is 5.75 Å². The fraction of sp³-hybridized carbons (Fsp3) is 0.188. The summed E-state index contributed by atoms with van der Waals surface area (Å²) in [5, 5.41) is 20.6. The highest BCUT2D eigenvalue weighted by Gasteiger charge is 2.35. The van der Waals surface area contributed by atoms with Crippen LogP contribution >= 0.6 is 0 Å². The van der Waals surface area contributed by atoms with Gasteiger partial charge in [-0.25, -0.2) is 0 Å². The number of para-hydroxylation sites is 1. The molecule has 1 aromatic heterocycles. The average molecular weight is 338 g/mol. The Morgan fingerprint density at radius 1 is 1.29 bits per heavy atom. The minimum atomic E-state index is -4.60. The molecular formula is C16H13F3N2O3. The molecule has 1 heterocycles. The summed E-state index contributed by atoms with van der Waals surface area (Å²) in [5.74, 6) is -0.488. The van der Waals surface area contributed by atoms with E-state index in [9.17, 15) is 28.4 Å². The lowest BCUT2D eigenvalue weighted by molar-refractivity contribution is -0.385. The van der Waals surface area contributed by atoms with Gasteiger partial charge >= 0.3 is 11.9 Å². The molecule has 8 heteroatoms. The second kappa shape index (κ2) is 6.69. The number of alkyl halides is 3. The highest BCUT2D eigenvalue weighted by atomic mass is 19.4. The summed E-state index contributed by atoms with van der Waals surface area (Å²) in [6.07, 6.45) is -3.36. The number of pyridine rings is 1. The molecule has 0 bridgehead atoms. The zero-order chi connectivity index (χ0) is 17.9. The normalized spacial score (nSPS) is 11.3. The van der Waals surface area contributed by atoms with Gasteiger partial charge in [-0.3, -0.25) is 15.1 Å². The molecule has 0 spiro atoms. The number of phenolic OH excluding ortho intramolecular Hbond substituents is 1. The fourth-order valence-corrected chi connectivity index (χ4v) is 2.26. The SMILES string of the molecule is C=C(CCc1cccc([N+](=O)[O-])c1O)c1cccnc1C(F)(F)F. The Kier molecular flexibility index (Phi) is 4.87. The van der Waals surface area contributed by atoms with E-state index in [1.54, 1.807) is 0 Å². The van der Waals surface area contributed by atoms with Gasteiger partial charge in [0.2, 0.25) is 0 Å². The van der Waals surface area contributed by atoms with Gasteiger partial charge in [-0.1, -0.05) is 24.8 Å². The van der Waals surface area contributed by atoms with Crippen LogP contribution in [0.25, 0.3) is 5.57 Å². The van der Waals surface area contributed by atoms with Crippen molar-refractivity contribution >= 4 is 11.3 Å². The lowest BCUT2D eigenvalue weighted by Gasteiger charge is -2.13. The van der Waals surface area contributed by atoms with Crippen molar-refractivity contribution in [3.63, 3.8) is 0 Å². The average Bonchev–Trinajstić information content (AvgIpc) is 2.52. The maximum absolute atomic E-state index is 13.0. The van der Waals surface area contributed by atoms with Gasteiger partial charge in [-0.15, -0.1) is 0 Å². The van der Waals surface area contributed by atoms with Gasteiger partial charge in [0.15, 0.2) is 11.4 Å². The largest absolute Gasteiger partial charge is 0.502 e. The van der Waals surface area contributed by atoms with Crippen molar-refractivity contribution < 1.29 is 23.2 Å². The summed E-state index contributed by atoms with van der Waals surface area (Å²) in [7, 11) is 0. The van der Waals surface area contributed by atoms with Gasteiger partial charge in [0.1, 0.15) is 0 Å². The molecule has 0 saturated heterocycles. The van der Waals surface area contributed by atoms with E-state index >= 15 is 0 Å². The number of hydrogen-bond donors (Lipinski definition) is 1. The first-order valence-electron chi connectivity index (χ1n) is 6.87. The quantitative estimate of drug-likeness (QED) is 0.649. The van der Waals surface area contributed by atoms with Gasteiger partial charge < -0.3 is 5.11 Å². The molecule has 2 rings (SSSR count). The van der Waals surface area contributed by atoms with E-state index in [2.05, 4.69) is 11.6 Å². The number of hydrogen-bond acceptors (Lipinski definition) is 4. The zero-order valence-electron chi connectivity index (χ0n) is 12.4. The maximum Gasteiger partial charge on any atom is 0.433 e. The summed E-state index contributed by atoms with van der Waals surface area (Å²) in [6.45, 7) is 3.65. The van der Waals surface area contributed by atoms with Gasteiger partial charge in [0.05, 0.1) is 4.92 Å². The van der Waals surface area contributed by atoms with E-state index in [-0.39, 0.29) is 29.5 Å². The Bertz CT molecular complexity index is 788. The van der Waals surface area contributed by atoms with Crippen molar-refractivity contribution in [1.29, 1.82) is 0 Å². The van der Waals surface area contributed by atoms with Crippen molar-refractivity contribution in [2.75, 3.05) is 0 Å². The van der Waals surface area contributed by atoms with Crippen LogP contribution < -0.4 is 0 Å². The van der Waals surface area contributed by atoms with E-state index in [1.165, 1.54) is 24.3 Å². The molecule has 24 heavy (non-hydrogen) atoms. The lowest BCUT2D eigenvalue weighted by atomic mass is 9.97. The fourth-order valence-electron chi connectivity index (χ4n) is 2.26. The summed E-state index contributed by atoms with van der Waals surface area (Å²) in [6, 6.07) is 6.67. The number of phenols is 1. The van der Waals surface area contributed by atoms with E-state index in [4.69, 9.17) is 0 Å². The van der Waals surface area contributed by atoms with Crippen LogP contribution in [0.5, 0.6) is 5.75 Å². The number of nitro groups is 1. The number of nitro benzene ring substituents is 1. The van der Waals surface area contributed by atoms with Crippen LogP contribution in [0.1, 0.15) is 23.2 Å². The number of halogens is 3. The number of allylic oxidation sites excluding steroid dienone is 1. The van der Waals surface area contributed by atoms with Gasteiger partial charge in [0, 0.05) is 23.4 Å². The number of aromatic nitrogens is 1. The van der Waals surface area contributed by atoms with E-state index < -0.39 is 28.2 Å². The standard InChI is InChI=1S/C16H13F3N2O3/c1-10(12-5-3-9-20-15(12)16(17,18)19)7-8-11-4-2-6-13(14(11)22)21(23)24/h2-6,9,22H,1,7-8H2. The van der Waals surface area contributed by atoms with Crippen molar-refractivity contribution in [2.24, 2.45) is 0 Å². The van der Waals surface area contributed by atoms with Crippen molar-refractivity contribution in [2.45, 2.75) is 19.0 Å². The minimum absolute atomic E-state index is 0.0868. The molecule has 5 nitrogen and oxygen atoms in total. The van der Waals surface area contributed by atoms with Crippen LogP contribution in [-0.2, 0) is 12.6 Å². The molecule has 0 unspecified atom stereocenters. The summed E-state index contributed by atoms with van der Waals surface area (Å²) in [4.78, 5) is 13.4. The van der Waals surface area contributed by atoms with E-state index in [1.807, 2.05) is 0 Å². The molecule has 0 radical (unpaired) electrons. The third-order valence-corrected chi connectivity index (χ3v) is 3.45. The predicted molar refractivity (Wildman–Crippen MR) is 81.4 cm³/mol. The summed E-state index contributed by atoms with van der Waals surface area (Å²) < 4.78 is 38.9. The Balaban J connectivity index is 2.21. The third kappa shape index (κ3) is 3.70. The first-order chi connectivity index (χ1) is 11.2. The van der Waals surface area contributed by atoms with Crippen molar-refractivity contribution in [3.05, 3.63) is 70.0 Å². The Hall–Kier alpha value is -2.90. The number of nitrogens with zero attached hydrogens (tertiary/aromatic N) is 2. The van der Waals surface area contributed by atoms with Gasteiger partial charge in [-0.05, 0) is 24.5 Å². The van der Waals surface area contributed by atoms with Crippen LogP contribution in [0, 0.1) is 10.1 Å². The molecule has 126 valence electrons. The Morgan fingerprint density at radius 2 is 2.00 bits per heavy atom. The Labute approximate surface area is 135 Å². The number of benzene rings is 1. The maximum atomic E-state index is 13.0. The molecule has 1 aromatic carbocycles. The Morgan fingerprint density at radius 3 is 2.62 bits per heavy atom. The molecule has 0 aliphatic rings. The highest BCUT2D eigenvalue weighted by molar-refractivity contribution is 5.66. The van der Waals surface area contributed by atoms with Crippen LogP contribution in [0.15, 0.2) is 43.1 Å². The summed E-state index contributed by atoms with van der Waals surface area (Å²) in [5.41, 5.74) is -1.16. The topological polar surface area (TPSA) is 76.3 Å². The third-order valence-electron chi connectivity index (χ3n) is 3.45. The second-order valence-electron chi connectivity index (χ2n) is 5.04. The molecule has 2 aromatic rings. The van der Waals surface area contributed by atoms with Gasteiger partial charge in [-0.2, -0.15) is 13.2 Å². The smallest absolute Gasteiger partial charge is 0.433 e. The first-order valence-corrected chi connectivity index (χ1v) is 6.87. The molecule has 0 aliphatic carbocycles. The molecular weight excluding hydrogens is 325 g/mol. The van der Waals surface area contributed by atoms with Gasteiger partial charge in [0.25, 0.3) is 0 Å². The molecule has 0 amide bonds. The number of rotatable bonds is 5. The van der Waals surface area contributed by atoms with Crippen LogP contribution in [0.3, 0.4) is 0 Å². The number of aryl methyl sites for hydroxylation is 1. The molecule has 0 fully saturated rings. The lowest BCUT2D eigenvalue weighted by Crippen LogP contribution is -2.11. The van der Waals surface area contributed by atoms with Crippen LogP contribution in [0.2, 0.25) is 0 Å². The first kappa shape index (κ1) is 17.5. The number of aromatic hydroxyl groups is 1. The van der Waals surface area contributed by atoms with E-state index in [0.717, 1.165) is 12.3 Å². The molecule has 1 N–H and O–H groups in total. The van der Waals surface area contributed by atoms with Crippen LogP contribution in [0.4, 0.5) is 18.9 Å². The molecule has 0 saturated carbocycles. The van der Waals surface area contributed by atoms with Crippen LogP contribution in [-0.4, -0.2) is 15.0 Å².